The van der Waals surface area contributed by atoms with Crippen LogP contribution in [0.3, 0.4) is 0 Å². The fourth-order valence-corrected chi connectivity index (χ4v) is 3.97. The number of rotatable bonds is 5. The molecule has 0 unspecified atom stereocenters. The van der Waals surface area contributed by atoms with Crippen molar-refractivity contribution in [3.63, 3.8) is 0 Å². The van der Waals surface area contributed by atoms with E-state index in [1.54, 1.807) is 6.92 Å². The van der Waals surface area contributed by atoms with Crippen LogP contribution in [0.1, 0.15) is 57.0 Å². The van der Waals surface area contributed by atoms with Gasteiger partial charge in [0.15, 0.2) is 5.16 Å². The summed E-state index contributed by atoms with van der Waals surface area (Å²) < 4.78 is 2.28. The van der Waals surface area contributed by atoms with E-state index in [1.807, 2.05) is 13.8 Å². The number of nitrogens with one attached hydrogen (secondary N) is 2. The Kier molecular flexibility index (Phi) is 6.10. The molecule has 6 nitrogen and oxygen atoms in total. The summed E-state index contributed by atoms with van der Waals surface area (Å²) in [5.41, 5.74) is 2.19. The number of aryl methyl sites for hydroxylation is 1. The Hall–Kier alpha value is -1.50. The van der Waals surface area contributed by atoms with Crippen LogP contribution in [-0.4, -0.2) is 33.3 Å². The Morgan fingerprint density at radius 1 is 1.35 bits per heavy atom. The molecule has 2 N–H and O–H groups in total. The molecule has 128 valence electrons. The van der Waals surface area contributed by atoms with Crippen molar-refractivity contribution < 1.29 is 9.59 Å². The van der Waals surface area contributed by atoms with Gasteiger partial charge in [-0.25, -0.2) is 9.78 Å². The van der Waals surface area contributed by atoms with E-state index in [2.05, 4.69) is 27.1 Å². The summed E-state index contributed by atoms with van der Waals surface area (Å²) >= 11 is 1.42. The van der Waals surface area contributed by atoms with Crippen LogP contribution in [-0.2, 0) is 4.79 Å². The van der Waals surface area contributed by atoms with Crippen LogP contribution in [0.2, 0.25) is 0 Å². The fraction of sp³-hybridized carbons (Fsp3) is 0.688. The van der Waals surface area contributed by atoms with Crippen LogP contribution in [0, 0.1) is 13.8 Å². The maximum Gasteiger partial charge on any atom is 0.321 e. The molecule has 7 heteroatoms. The highest BCUT2D eigenvalue weighted by atomic mass is 32.2. The van der Waals surface area contributed by atoms with Gasteiger partial charge >= 0.3 is 6.03 Å². The zero-order valence-electron chi connectivity index (χ0n) is 14.3. The minimum atomic E-state index is -0.448. The Labute approximate surface area is 141 Å². The van der Waals surface area contributed by atoms with E-state index in [-0.39, 0.29) is 11.2 Å². The molecule has 0 aliphatic heterocycles. The van der Waals surface area contributed by atoms with Crippen LogP contribution in [0.5, 0.6) is 0 Å². The molecule has 1 aliphatic carbocycles. The van der Waals surface area contributed by atoms with E-state index < -0.39 is 6.03 Å². The van der Waals surface area contributed by atoms with Crippen molar-refractivity contribution >= 4 is 23.7 Å². The minimum absolute atomic E-state index is 0.294. The van der Waals surface area contributed by atoms with Gasteiger partial charge in [0, 0.05) is 18.3 Å². The van der Waals surface area contributed by atoms with Crippen molar-refractivity contribution in [1.29, 1.82) is 0 Å². The highest BCUT2D eigenvalue weighted by Gasteiger charge is 2.26. The maximum absolute atomic E-state index is 12.1. The van der Waals surface area contributed by atoms with Gasteiger partial charge in [-0.2, -0.15) is 0 Å². The lowest BCUT2D eigenvalue weighted by molar-refractivity contribution is -0.119. The van der Waals surface area contributed by atoms with Crippen LogP contribution in [0.15, 0.2) is 5.16 Å². The number of hydrogen-bond acceptors (Lipinski definition) is 4. The monoisotopic (exact) mass is 338 g/mol. The van der Waals surface area contributed by atoms with Crippen LogP contribution in [0.4, 0.5) is 4.79 Å². The van der Waals surface area contributed by atoms with Gasteiger partial charge < -0.3 is 9.88 Å². The van der Waals surface area contributed by atoms with E-state index in [0.717, 1.165) is 10.9 Å². The molecule has 1 aromatic rings. The standard InChI is InChI=1S/C16H26N4O2S/c1-5-17-15(22)19-14(21)12(4)23-16-18-10(2)11(3)20(16)13-8-6-7-9-13/h12-13H,5-9H2,1-4H3,(H2,17,19,21,22)/t12-/m1/s1. The number of hydrogen-bond donors (Lipinski definition) is 2. The lowest BCUT2D eigenvalue weighted by Crippen LogP contribution is -2.42. The zero-order chi connectivity index (χ0) is 17.0. The van der Waals surface area contributed by atoms with Crippen molar-refractivity contribution in [3.05, 3.63) is 11.4 Å². The molecular weight excluding hydrogens is 312 g/mol. The number of imidazole rings is 1. The van der Waals surface area contributed by atoms with Crippen LogP contribution in [0.25, 0.3) is 0 Å². The summed E-state index contributed by atoms with van der Waals surface area (Å²) in [6, 6.07) is 0.0359. The molecular formula is C16H26N4O2S. The molecule has 1 saturated carbocycles. The number of thioether (sulfide) groups is 1. The predicted octanol–water partition coefficient (Wildman–Crippen LogP) is 2.94. The normalized spacial score (nSPS) is 16.3. The summed E-state index contributed by atoms with van der Waals surface area (Å²) in [6.45, 7) is 8.20. The minimum Gasteiger partial charge on any atom is -0.338 e. The summed E-state index contributed by atoms with van der Waals surface area (Å²) in [7, 11) is 0. The Morgan fingerprint density at radius 2 is 2.00 bits per heavy atom. The molecule has 3 amide bonds. The number of amides is 3. The van der Waals surface area contributed by atoms with Gasteiger partial charge in [0.05, 0.1) is 10.9 Å². The van der Waals surface area contributed by atoms with Gasteiger partial charge in [0.2, 0.25) is 5.91 Å². The predicted molar refractivity (Wildman–Crippen MR) is 91.7 cm³/mol. The summed E-state index contributed by atoms with van der Waals surface area (Å²) in [5.74, 6) is -0.294. The van der Waals surface area contributed by atoms with E-state index in [1.165, 1.54) is 43.1 Å². The molecule has 0 aromatic carbocycles. The third kappa shape index (κ3) is 4.28. The first-order chi connectivity index (χ1) is 10.9. The van der Waals surface area contributed by atoms with Gasteiger partial charge in [-0.15, -0.1) is 0 Å². The van der Waals surface area contributed by atoms with Gasteiger partial charge in [0.25, 0.3) is 0 Å². The highest BCUT2D eigenvalue weighted by Crippen LogP contribution is 2.36. The zero-order valence-corrected chi connectivity index (χ0v) is 15.1. The number of urea groups is 1. The van der Waals surface area contributed by atoms with Crippen molar-refractivity contribution in [2.45, 2.75) is 69.8 Å². The van der Waals surface area contributed by atoms with Gasteiger partial charge in [0.1, 0.15) is 0 Å². The summed E-state index contributed by atoms with van der Waals surface area (Å²) in [4.78, 5) is 28.2. The molecule has 0 radical (unpaired) electrons. The second-order valence-electron chi connectivity index (χ2n) is 5.98. The first-order valence-corrected chi connectivity index (χ1v) is 9.12. The maximum atomic E-state index is 12.1. The highest BCUT2D eigenvalue weighted by molar-refractivity contribution is 8.00. The molecule has 23 heavy (non-hydrogen) atoms. The van der Waals surface area contributed by atoms with E-state index in [0.29, 0.717) is 12.6 Å². The molecule has 1 aliphatic rings. The number of aromatic nitrogens is 2. The lowest BCUT2D eigenvalue weighted by atomic mass is 10.2. The first kappa shape index (κ1) is 17.8. The van der Waals surface area contributed by atoms with E-state index in [9.17, 15) is 9.59 Å². The Bertz CT molecular complexity index is 579. The van der Waals surface area contributed by atoms with Crippen LogP contribution >= 0.6 is 11.8 Å². The third-order valence-corrected chi connectivity index (χ3v) is 5.34. The van der Waals surface area contributed by atoms with E-state index in [4.69, 9.17) is 0 Å². The summed E-state index contributed by atoms with van der Waals surface area (Å²) in [5, 5.41) is 5.43. The quantitative estimate of drug-likeness (QED) is 0.809. The smallest absolute Gasteiger partial charge is 0.321 e. The van der Waals surface area contributed by atoms with E-state index >= 15 is 0 Å². The average Bonchev–Trinajstić information content (AvgIpc) is 3.08. The Balaban J connectivity index is 2.08. The number of carbonyl (C=O) groups is 2. The van der Waals surface area contributed by atoms with Crippen LogP contribution < -0.4 is 10.6 Å². The molecule has 0 saturated heterocycles. The second-order valence-corrected chi connectivity index (χ2v) is 7.29. The number of nitrogens with zero attached hydrogens (tertiary/aromatic N) is 2. The van der Waals surface area contributed by atoms with Gasteiger partial charge in [-0.1, -0.05) is 24.6 Å². The van der Waals surface area contributed by atoms with Crippen molar-refractivity contribution in [2.75, 3.05) is 6.54 Å². The lowest BCUT2D eigenvalue weighted by Gasteiger charge is -2.18. The molecule has 1 heterocycles. The number of carbonyl (C=O) groups excluding carboxylic acids is 2. The molecule has 1 atom stereocenters. The summed E-state index contributed by atoms with van der Waals surface area (Å²) in [6.07, 6.45) is 4.84. The van der Waals surface area contributed by atoms with Crippen molar-refractivity contribution in [3.8, 4) is 0 Å². The first-order valence-electron chi connectivity index (χ1n) is 8.24. The van der Waals surface area contributed by atoms with Crippen molar-refractivity contribution in [2.24, 2.45) is 0 Å². The molecule has 1 fully saturated rings. The van der Waals surface area contributed by atoms with Crippen molar-refractivity contribution in [1.82, 2.24) is 20.2 Å². The SMILES string of the molecule is CCNC(=O)NC(=O)[C@@H](C)Sc1nc(C)c(C)n1C1CCCC1. The number of imide groups is 1. The topological polar surface area (TPSA) is 76.0 Å². The van der Waals surface area contributed by atoms with Gasteiger partial charge in [-0.3, -0.25) is 10.1 Å². The van der Waals surface area contributed by atoms with Gasteiger partial charge in [-0.05, 0) is 40.5 Å². The fourth-order valence-electron chi connectivity index (χ4n) is 2.90. The molecule has 1 aromatic heterocycles. The average molecular weight is 338 g/mol. The Morgan fingerprint density at radius 3 is 2.61 bits per heavy atom. The third-order valence-electron chi connectivity index (χ3n) is 4.27. The molecule has 2 rings (SSSR count). The molecule has 0 spiro atoms. The second kappa shape index (κ2) is 7.86. The molecule has 0 bridgehead atoms. The largest absolute Gasteiger partial charge is 0.338 e.